The average Bonchev–Trinajstić information content (AvgIpc) is 2.82. The van der Waals surface area contributed by atoms with E-state index < -0.39 is 11.6 Å². The second kappa shape index (κ2) is 15.0. The van der Waals surface area contributed by atoms with Crippen LogP contribution >= 0.6 is 0 Å². The van der Waals surface area contributed by atoms with Crippen molar-refractivity contribution in [2.24, 2.45) is 11.7 Å². The minimum atomic E-state index is -1.06. The third-order valence-electron chi connectivity index (χ3n) is 5.96. The summed E-state index contributed by atoms with van der Waals surface area (Å²) in [7, 11) is 0. The summed E-state index contributed by atoms with van der Waals surface area (Å²) in [5.74, 6) is -0.648. The van der Waals surface area contributed by atoms with Crippen molar-refractivity contribution in [3.05, 3.63) is 48.3 Å². The predicted octanol–water partition coefficient (Wildman–Crippen LogP) is 2.35. The molecule has 1 aromatic rings. The molecule has 1 rings (SSSR count). The first kappa shape index (κ1) is 29.0. The zero-order valence-corrected chi connectivity index (χ0v) is 21.2. The molecule has 1 aromatic carbocycles. The summed E-state index contributed by atoms with van der Waals surface area (Å²) in [5, 5.41) is 11.7. The number of carbonyl (C=O) groups is 3. The van der Waals surface area contributed by atoms with Gasteiger partial charge in [0, 0.05) is 19.0 Å². The molecule has 0 saturated carbocycles. The van der Waals surface area contributed by atoms with E-state index in [1.807, 2.05) is 32.0 Å². The number of carbonyl (C=O) groups excluding carboxylic acids is 3. The molecule has 0 heterocycles. The Hall–Kier alpha value is -3.03. The standard InChI is InChI=1S/C26H43N5O3/c1-6-26(7-2,31-23(32)19(3)4)25(34)30-22(16-12-17-28-20(5)27)24(33)29-18-11-15-21-13-9-8-10-14-21/h8-10,13-14,19,22,28H,5-7,11-12,15-18,27H2,1-4H3,(H,29,33)(H,30,34)(H,31,32)/t22-/m0/s1. The Morgan fingerprint density at radius 2 is 1.59 bits per heavy atom. The summed E-state index contributed by atoms with van der Waals surface area (Å²) in [4.78, 5) is 38.6. The van der Waals surface area contributed by atoms with Crippen LogP contribution in [0.1, 0.15) is 65.4 Å². The van der Waals surface area contributed by atoms with Crippen LogP contribution in [0.4, 0.5) is 0 Å². The molecule has 0 aliphatic heterocycles. The van der Waals surface area contributed by atoms with Crippen molar-refractivity contribution in [2.45, 2.75) is 77.8 Å². The molecule has 0 spiro atoms. The number of hydrogen-bond acceptors (Lipinski definition) is 5. The van der Waals surface area contributed by atoms with Crippen LogP contribution in [0.15, 0.2) is 42.7 Å². The topological polar surface area (TPSA) is 125 Å². The van der Waals surface area contributed by atoms with Gasteiger partial charge in [0.1, 0.15) is 11.6 Å². The Kier molecular flexibility index (Phi) is 12.8. The minimum absolute atomic E-state index is 0.188. The van der Waals surface area contributed by atoms with Crippen molar-refractivity contribution in [2.75, 3.05) is 13.1 Å². The van der Waals surface area contributed by atoms with E-state index in [4.69, 9.17) is 5.73 Å². The largest absolute Gasteiger partial charge is 0.386 e. The van der Waals surface area contributed by atoms with Crippen LogP contribution in [-0.4, -0.2) is 42.4 Å². The Bertz CT molecular complexity index is 791. The molecule has 8 nitrogen and oxygen atoms in total. The van der Waals surface area contributed by atoms with Gasteiger partial charge in [-0.3, -0.25) is 14.4 Å². The number of nitrogens with two attached hydrogens (primary N) is 1. The maximum absolute atomic E-state index is 13.3. The number of benzene rings is 1. The van der Waals surface area contributed by atoms with E-state index in [1.54, 1.807) is 13.8 Å². The molecule has 0 fully saturated rings. The van der Waals surface area contributed by atoms with E-state index in [-0.39, 0.29) is 23.6 Å². The van der Waals surface area contributed by atoms with Crippen molar-refractivity contribution in [1.29, 1.82) is 0 Å². The monoisotopic (exact) mass is 473 g/mol. The maximum Gasteiger partial charge on any atom is 0.246 e. The average molecular weight is 474 g/mol. The molecule has 1 atom stereocenters. The second-order valence-electron chi connectivity index (χ2n) is 8.93. The molecule has 0 aromatic heterocycles. The molecule has 34 heavy (non-hydrogen) atoms. The van der Waals surface area contributed by atoms with Crippen LogP contribution in [0, 0.1) is 5.92 Å². The van der Waals surface area contributed by atoms with E-state index in [1.165, 1.54) is 5.56 Å². The fraction of sp³-hybridized carbons (Fsp3) is 0.577. The highest BCUT2D eigenvalue weighted by Crippen LogP contribution is 2.17. The Morgan fingerprint density at radius 1 is 0.971 bits per heavy atom. The van der Waals surface area contributed by atoms with Crippen molar-refractivity contribution in [1.82, 2.24) is 21.3 Å². The van der Waals surface area contributed by atoms with Crippen LogP contribution in [-0.2, 0) is 20.8 Å². The van der Waals surface area contributed by atoms with E-state index in [0.717, 1.165) is 12.8 Å². The fourth-order valence-corrected chi connectivity index (χ4v) is 3.58. The van der Waals surface area contributed by atoms with E-state index in [2.05, 4.69) is 40.0 Å². The van der Waals surface area contributed by atoms with Crippen molar-refractivity contribution in [3.63, 3.8) is 0 Å². The fourth-order valence-electron chi connectivity index (χ4n) is 3.58. The van der Waals surface area contributed by atoms with Crippen LogP contribution in [0.25, 0.3) is 0 Å². The number of nitrogens with one attached hydrogen (secondary N) is 4. The van der Waals surface area contributed by atoms with Crippen LogP contribution < -0.4 is 27.0 Å². The lowest BCUT2D eigenvalue weighted by atomic mass is 9.90. The highest BCUT2D eigenvalue weighted by Gasteiger charge is 2.38. The third-order valence-corrected chi connectivity index (χ3v) is 5.96. The van der Waals surface area contributed by atoms with Gasteiger partial charge in [0.25, 0.3) is 0 Å². The molecule has 6 N–H and O–H groups in total. The van der Waals surface area contributed by atoms with Crippen LogP contribution in [0.2, 0.25) is 0 Å². The van der Waals surface area contributed by atoms with E-state index in [9.17, 15) is 14.4 Å². The molecular weight excluding hydrogens is 430 g/mol. The second-order valence-corrected chi connectivity index (χ2v) is 8.93. The summed E-state index contributed by atoms with van der Waals surface area (Å²) >= 11 is 0. The summed E-state index contributed by atoms with van der Waals surface area (Å²) in [5.41, 5.74) is 5.70. The minimum Gasteiger partial charge on any atom is -0.386 e. The summed E-state index contributed by atoms with van der Waals surface area (Å²) in [6.07, 6.45) is 3.54. The summed E-state index contributed by atoms with van der Waals surface area (Å²) in [6, 6.07) is 9.37. The maximum atomic E-state index is 13.3. The first-order chi connectivity index (χ1) is 16.1. The number of aryl methyl sites for hydroxylation is 1. The molecule has 190 valence electrons. The molecule has 0 bridgehead atoms. The van der Waals surface area contributed by atoms with E-state index >= 15 is 0 Å². The van der Waals surface area contributed by atoms with Crippen LogP contribution in [0.5, 0.6) is 0 Å². The van der Waals surface area contributed by atoms with Gasteiger partial charge >= 0.3 is 0 Å². The Labute approximate surface area is 204 Å². The van der Waals surface area contributed by atoms with Crippen molar-refractivity contribution >= 4 is 17.7 Å². The normalized spacial score (nSPS) is 12.0. The van der Waals surface area contributed by atoms with Gasteiger partial charge in [-0.05, 0) is 44.1 Å². The summed E-state index contributed by atoms with van der Waals surface area (Å²) in [6.45, 7) is 11.9. The predicted molar refractivity (Wildman–Crippen MR) is 137 cm³/mol. The number of hydrogen-bond donors (Lipinski definition) is 5. The first-order valence-electron chi connectivity index (χ1n) is 12.3. The van der Waals surface area contributed by atoms with Gasteiger partial charge in [-0.1, -0.05) is 64.6 Å². The van der Waals surface area contributed by atoms with Crippen LogP contribution in [0.3, 0.4) is 0 Å². The molecule has 8 heteroatoms. The van der Waals surface area contributed by atoms with Gasteiger partial charge < -0.3 is 27.0 Å². The lowest BCUT2D eigenvalue weighted by Gasteiger charge is -2.33. The lowest BCUT2D eigenvalue weighted by molar-refractivity contribution is -0.137. The highest BCUT2D eigenvalue weighted by molar-refractivity contribution is 5.95. The first-order valence-corrected chi connectivity index (χ1v) is 12.3. The van der Waals surface area contributed by atoms with Crippen molar-refractivity contribution in [3.8, 4) is 0 Å². The Morgan fingerprint density at radius 3 is 2.15 bits per heavy atom. The third kappa shape index (κ3) is 9.85. The van der Waals surface area contributed by atoms with Gasteiger partial charge in [-0.2, -0.15) is 0 Å². The smallest absolute Gasteiger partial charge is 0.246 e. The molecule has 3 amide bonds. The van der Waals surface area contributed by atoms with Gasteiger partial charge in [0.05, 0.1) is 5.82 Å². The molecule has 0 aliphatic rings. The van der Waals surface area contributed by atoms with E-state index in [0.29, 0.717) is 44.6 Å². The number of amides is 3. The highest BCUT2D eigenvalue weighted by atomic mass is 16.2. The Balaban J connectivity index is 2.81. The quantitative estimate of drug-likeness (QED) is 0.236. The SMILES string of the molecule is C=C(N)NCCC[C@H](NC(=O)C(CC)(CC)NC(=O)C(C)C)C(=O)NCCCc1ccccc1. The van der Waals surface area contributed by atoms with Gasteiger partial charge in [0.2, 0.25) is 17.7 Å². The molecule has 0 aliphatic carbocycles. The molecule has 0 unspecified atom stereocenters. The zero-order chi connectivity index (χ0) is 25.6. The number of rotatable bonds is 16. The molecular formula is C26H43N5O3. The summed E-state index contributed by atoms with van der Waals surface area (Å²) < 4.78 is 0. The molecule has 0 radical (unpaired) electrons. The lowest BCUT2D eigenvalue weighted by Crippen LogP contribution is -2.62. The van der Waals surface area contributed by atoms with Gasteiger partial charge in [0.15, 0.2) is 0 Å². The van der Waals surface area contributed by atoms with Gasteiger partial charge in [-0.25, -0.2) is 0 Å². The van der Waals surface area contributed by atoms with Gasteiger partial charge in [-0.15, -0.1) is 0 Å². The van der Waals surface area contributed by atoms with Crippen molar-refractivity contribution < 1.29 is 14.4 Å². The molecule has 0 saturated heterocycles. The zero-order valence-electron chi connectivity index (χ0n) is 21.2.